The van der Waals surface area contributed by atoms with E-state index >= 15 is 0 Å². The molecule has 1 amide bonds. The van der Waals surface area contributed by atoms with Crippen LogP contribution in [0.15, 0.2) is 18.3 Å². The van der Waals surface area contributed by atoms with Gasteiger partial charge in [-0.25, -0.2) is 19.3 Å². The van der Waals surface area contributed by atoms with Gasteiger partial charge < -0.3 is 4.90 Å². The molecule has 2 aliphatic rings. The highest BCUT2D eigenvalue weighted by Crippen LogP contribution is 2.37. The van der Waals surface area contributed by atoms with Gasteiger partial charge in [0.05, 0.1) is 12.6 Å². The molecular weight excluding hydrogens is 357 g/mol. The van der Waals surface area contributed by atoms with E-state index < -0.39 is 0 Å². The van der Waals surface area contributed by atoms with Crippen molar-refractivity contribution in [3.8, 4) is 0 Å². The van der Waals surface area contributed by atoms with Crippen molar-refractivity contribution in [2.75, 3.05) is 22.9 Å². The van der Waals surface area contributed by atoms with Gasteiger partial charge in [-0.3, -0.25) is 9.69 Å². The van der Waals surface area contributed by atoms with E-state index in [0.717, 1.165) is 48.1 Å². The number of pyridine rings is 1. The Balaban J connectivity index is 1.69. The fraction of sp³-hybridized carbons (Fsp3) is 0.524. The van der Waals surface area contributed by atoms with Crippen LogP contribution in [0, 0.1) is 12.7 Å². The van der Waals surface area contributed by atoms with Crippen LogP contribution in [0.4, 0.5) is 16.0 Å². The monoisotopic (exact) mass is 383 g/mol. The molecule has 1 atom stereocenters. The Bertz CT molecular complexity index is 914. The van der Waals surface area contributed by atoms with Crippen molar-refractivity contribution in [2.24, 2.45) is 0 Å². The summed E-state index contributed by atoms with van der Waals surface area (Å²) in [6.07, 6.45) is 3.56. The van der Waals surface area contributed by atoms with E-state index in [1.165, 1.54) is 12.3 Å². The number of rotatable bonds is 3. The molecule has 6 nitrogen and oxygen atoms in total. The Morgan fingerprint density at radius 3 is 2.71 bits per heavy atom. The maximum atomic E-state index is 13.2. The molecule has 0 radical (unpaired) electrons. The maximum absolute atomic E-state index is 13.2. The third kappa shape index (κ3) is 3.12. The van der Waals surface area contributed by atoms with Gasteiger partial charge in [-0.15, -0.1) is 0 Å². The standard InChI is InChI=1S/C21H26FN5O/c1-13(2)27-18(28)10-16-14(3)24-20(25-19(16)27)21(4)8-5-9-26(12-21)17-7-6-15(22)11-23-17/h6-7,11,13H,5,8-10,12H2,1-4H3/t21-/m1/s1. The summed E-state index contributed by atoms with van der Waals surface area (Å²) < 4.78 is 13.2. The van der Waals surface area contributed by atoms with Gasteiger partial charge in [0.1, 0.15) is 23.3 Å². The molecule has 1 saturated heterocycles. The minimum atomic E-state index is -0.334. The Morgan fingerprint density at radius 2 is 2.04 bits per heavy atom. The fourth-order valence-corrected chi connectivity index (χ4v) is 4.32. The van der Waals surface area contributed by atoms with Crippen LogP contribution in [-0.4, -0.2) is 40.0 Å². The van der Waals surface area contributed by atoms with E-state index in [2.05, 4.69) is 16.8 Å². The van der Waals surface area contributed by atoms with Gasteiger partial charge >= 0.3 is 0 Å². The largest absolute Gasteiger partial charge is 0.356 e. The topological polar surface area (TPSA) is 62.2 Å². The third-order valence-electron chi connectivity index (χ3n) is 5.81. The minimum Gasteiger partial charge on any atom is -0.356 e. The van der Waals surface area contributed by atoms with Crippen LogP contribution in [-0.2, 0) is 16.6 Å². The lowest BCUT2D eigenvalue weighted by Gasteiger charge is -2.40. The van der Waals surface area contributed by atoms with Gasteiger partial charge in [0.15, 0.2) is 0 Å². The molecule has 0 saturated carbocycles. The summed E-state index contributed by atoms with van der Waals surface area (Å²) in [5.41, 5.74) is 1.57. The predicted octanol–water partition coefficient (Wildman–Crippen LogP) is 3.17. The lowest BCUT2D eigenvalue weighted by Crippen LogP contribution is -2.46. The van der Waals surface area contributed by atoms with Gasteiger partial charge in [0.2, 0.25) is 5.91 Å². The molecule has 4 heterocycles. The molecule has 2 aliphatic heterocycles. The summed E-state index contributed by atoms with van der Waals surface area (Å²) >= 11 is 0. The summed E-state index contributed by atoms with van der Waals surface area (Å²) in [7, 11) is 0. The molecule has 148 valence electrons. The first-order valence-corrected chi connectivity index (χ1v) is 9.85. The molecule has 0 spiro atoms. The molecule has 2 aromatic heterocycles. The first kappa shape index (κ1) is 18.8. The molecule has 7 heteroatoms. The number of aromatic nitrogens is 3. The second kappa shape index (κ2) is 6.79. The number of carbonyl (C=O) groups is 1. The average Bonchev–Trinajstić information content (AvgIpc) is 2.99. The van der Waals surface area contributed by atoms with Gasteiger partial charge in [-0.2, -0.15) is 0 Å². The average molecular weight is 383 g/mol. The number of halogens is 1. The molecule has 0 aliphatic carbocycles. The van der Waals surface area contributed by atoms with Crippen molar-refractivity contribution in [2.45, 2.75) is 58.4 Å². The molecule has 4 rings (SSSR count). The molecule has 0 unspecified atom stereocenters. The highest BCUT2D eigenvalue weighted by Gasteiger charge is 2.39. The number of carbonyl (C=O) groups excluding carboxylic acids is 1. The normalized spacial score (nSPS) is 22.1. The molecule has 0 N–H and O–H groups in total. The fourth-order valence-electron chi connectivity index (χ4n) is 4.32. The third-order valence-corrected chi connectivity index (χ3v) is 5.81. The zero-order chi connectivity index (χ0) is 20.1. The summed E-state index contributed by atoms with van der Waals surface area (Å²) in [4.78, 5) is 30.4. The predicted molar refractivity (Wildman–Crippen MR) is 106 cm³/mol. The van der Waals surface area contributed by atoms with Crippen LogP contribution < -0.4 is 9.80 Å². The number of hydrogen-bond donors (Lipinski definition) is 0. The number of anilines is 2. The first-order valence-electron chi connectivity index (χ1n) is 9.85. The number of nitrogens with zero attached hydrogens (tertiary/aromatic N) is 5. The number of fused-ring (bicyclic) bond motifs is 1. The quantitative estimate of drug-likeness (QED) is 0.815. The Kier molecular flexibility index (Phi) is 4.56. The molecule has 0 aromatic carbocycles. The SMILES string of the molecule is Cc1nc([C@]2(C)CCCN(c3ccc(F)cn3)C2)nc2c1CC(=O)N2C(C)C. The zero-order valence-corrected chi connectivity index (χ0v) is 16.9. The zero-order valence-electron chi connectivity index (χ0n) is 16.9. The number of amides is 1. The maximum Gasteiger partial charge on any atom is 0.233 e. The highest BCUT2D eigenvalue weighted by molar-refractivity contribution is 6.00. The summed E-state index contributed by atoms with van der Waals surface area (Å²) in [6.45, 7) is 9.73. The van der Waals surface area contributed by atoms with E-state index in [4.69, 9.17) is 9.97 Å². The highest BCUT2D eigenvalue weighted by atomic mass is 19.1. The van der Waals surface area contributed by atoms with Gasteiger partial charge in [0, 0.05) is 35.8 Å². The van der Waals surface area contributed by atoms with Gasteiger partial charge in [-0.05, 0) is 45.7 Å². The van der Waals surface area contributed by atoms with Gasteiger partial charge in [0.25, 0.3) is 0 Å². The first-order chi connectivity index (χ1) is 13.3. The Morgan fingerprint density at radius 1 is 1.25 bits per heavy atom. The number of hydrogen-bond acceptors (Lipinski definition) is 5. The van der Waals surface area contributed by atoms with Crippen molar-refractivity contribution in [1.82, 2.24) is 15.0 Å². The summed E-state index contributed by atoms with van der Waals surface area (Å²) in [5.74, 6) is 2.06. The molecular formula is C21H26FN5O. The smallest absolute Gasteiger partial charge is 0.233 e. The second-order valence-corrected chi connectivity index (χ2v) is 8.39. The van der Waals surface area contributed by atoms with Crippen molar-refractivity contribution in [3.05, 3.63) is 41.2 Å². The van der Waals surface area contributed by atoms with Gasteiger partial charge in [-0.1, -0.05) is 6.92 Å². The van der Waals surface area contributed by atoms with Crippen molar-refractivity contribution >= 4 is 17.5 Å². The number of piperidine rings is 1. The van der Waals surface area contributed by atoms with E-state index in [1.807, 2.05) is 20.8 Å². The van der Waals surface area contributed by atoms with Crippen LogP contribution in [0.5, 0.6) is 0 Å². The van der Waals surface area contributed by atoms with E-state index in [0.29, 0.717) is 13.0 Å². The van der Waals surface area contributed by atoms with Crippen LogP contribution in [0.2, 0.25) is 0 Å². The molecule has 1 fully saturated rings. The van der Waals surface area contributed by atoms with Crippen LogP contribution in [0.3, 0.4) is 0 Å². The van der Waals surface area contributed by atoms with E-state index in [9.17, 15) is 9.18 Å². The summed E-state index contributed by atoms with van der Waals surface area (Å²) in [5, 5.41) is 0. The van der Waals surface area contributed by atoms with Crippen molar-refractivity contribution in [3.63, 3.8) is 0 Å². The minimum absolute atomic E-state index is 0.0648. The van der Waals surface area contributed by atoms with Crippen LogP contribution >= 0.6 is 0 Å². The number of aryl methyl sites for hydroxylation is 1. The molecule has 0 bridgehead atoms. The Hall–Kier alpha value is -2.57. The van der Waals surface area contributed by atoms with E-state index in [-0.39, 0.29) is 23.2 Å². The lowest BCUT2D eigenvalue weighted by atomic mass is 9.80. The van der Waals surface area contributed by atoms with Crippen LogP contribution in [0.25, 0.3) is 0 Å². The molecule has 2 aromatic rings. The van der Waals surface area contributed by atoms with Crippen molar-refractivity contribution < 1.29 is 9.18 Å². The van der Waals surface area contributed by atoms with E-state index in [1.54, 1.807) is 11.0 Å². The lowest BCUT2D eigenvalue weighted by molar-refractivity contribution is -0.117. The van der Waals surface area contributed by atoms with Crippen LogP contribution in [0.1, 0.15) is 50.7 Å². The molecule has 28 heavy (non-hydrogen) atoms. The second-order valence-electron chi connectivity index (χ2n) is 8.39. The summed E-state index contributed by atoms with van der Waals surface area (Å²) in [6, 6.07) is 3.22. The Labute approximate surface area is 164 Å². The van der Waals surface area contributed by atoms with Crippen molar-refractivity contribution in [1.29, 1.82) is 0 Å².